The minimum atomic E-state index is -3.89. The van der Waals surface area contributed by atoms with Crippen molar-refractivity contribution in [3.05, 3.63) is 40.9 Å². The minimum absolute atomic E-state index is 0.0938. The number of rotatable bonds is 5. The average Bonchev–Trinajstić information content (AvgIpc) is 2.94. The summed E-state index contributed by atoms with van der Waals surface area (Å²) in [5, 5.41) is 5.71. The smallest absolute Gasteiger partial charge is 0.243 e. The van der Waals surface area contributed by atoms with E-state index in [0.717, 1.165) is 14.9 Å². The van der Waals surface area contributed by atoms with Crippen LogP contribution in [0.5, 0.6) is 0 Å². The number of aryl methyl sites for hydroxylation is 2. The number of benzene rings is 1. The van der Waals surface area contributed by atoms with Crippen LogP contribution in [0.15, 0.2) is 35.2 Å². The molecule has 1 atom stereocenters. The number of nitrogens with one attached hydrogen (secondary N) is 2. The van der Waals surface area contributed by atoms with E-state index in [1.807, 2.05) is 13.8 Å². The van der Waals surface area contributed by atoms with Crippen molar-refractivity contribution < 1.29 is 18.0 Å². The first kappa shape index (κ1) is 19.5. The van der Waals surface area contributed by atoms with Gasteiger partial charge in [0.1, 0.15) is 6.04 Å². The van der Waals surface area contributed by atoms with Crippen LogP contribution in [0.1, 0.15) is 17.0 Å². The van der Waals surface area contributed by atoms with Crippen molar-refractivity contribution >= 4 is 38.3 Å². The number of amides is 2. The van der Waals surface area contributed by atoms with Gasteiger partial charge in [0.2, 0.25) is 21.8 Å². The van der Waals surface area contributed by atoms with Crippen molar-refractivity contribution in [1.82, 2.24) is 14.6 Å². The van der Waals surface area contributed by atoms with E-state index in [1.165, 1.54) is 23.5 Å². The van der Waals surface area contributed by atoms with E-state index in [0.29, 0.717) is 5.13 Å². The standard InChI is InChI=1S/C17H20N4O4S2/c1-11-12(2)26-17(19-11)20-15(22)10-14-16(23)18-8-9-21(14)27(24,25)13-6-4-3-5-7-13/h3-7,14H,8-10H2,1-2H3,(H,18,23)(H,19,20,22)/t14-/m1/s1. The summed E-state index contributed by atoms with van der Waals surface area (Å²) in [4.78, 5) is 30.0. The number of carbonyl (C=O) groups excluding carboxylic acids is 2. The Hall–Kier alpha value is -2.30. The van der Waals surface area contributed by atoms with Gasteiger partial charge in [-0.25, -0.2) is 13.4 Å². The lowest BCUT2D eigenvalue weighted by atomic mass is 10.1. The maximum Gasteiger partial charge on any atom is 0.243 e. The molecule has 0 aliphatic carbocycles. The average molecular weight is 409 g/mol. The number of hydrogen-bond donors (Lipinski definition) is 2. The van der Waals surface area contributed by atoms with E-state index in [4.69, 9.17) is 0 Å². The molecule has 2 amide bonds. The maximum atomic E-state index is 12.9. The lowest BCUT2D eigenvalue weighted by Crippen LogP contribution is -2.57. The Kier molecular flexibility index (Phi) is 5.59. The molecule has 2 aromatic rings. The van der Waals surface area contributed by atoms with Gasteiger partial charge in [-0.15, -0.1) is 11.3 Å². The molecule has 1 fully saturated rings. The van der Waals surface area contributed by atoms with E-state index >= 15 is 0 Å². The number of nitrogens with zero attached hydrogens (tertiary/aromatic N) is 2. The fourth-order valence-electron chi connectivity index (χ4n) is 2.78. The topological polar surface area (TPSA) is 108 Å². The van der Waals surface area contributed by atoms with Crippen molar-refractivity contribution in [2.45, 2.75) is 31.2 Å². The molecular formula is C17H20N4O4S2. The molecule has 2 heterocycles. The fourth-order valence-corrected chi connectivity index (χ4v) is 5.22. The zero-order valence-electron chi connectivity index (χ0n) is 14.9. The number of hydrogen-bond acceptors (Lipinski definition) is 6. The predicted octanol–water partition coefficient (Wildman–Crippen LogP) is 1.28. The van der Waals surface area contributed by atoms with Crippen LogP contribution in [0.2, 0.25) is 0 Å². The molecule has 0 spiro atoms. The molecule has 0 saturated carbocycles. The third kappa shape index (κ3) is 4.18. The summed E-state index contributed by atoms with van der Waals surface area (Å²) in [6, 6.07) is 6.79. The van der Waals surface area contributed by atoms with Crippen LogP contribution in [0, 0.1) is 13.8 Å². The highest BCUT2D eigenvalue weighted by atomic mass is 32.2. The third-order valence-electron chi connectivity index (χ3n) is 4.29. The SMILES string of the molecule is Cc1nc(NC(=O)C[C@@H]2C(=O)NCCN2S(=O)(=O)c2ccccc2)sc1C. The first-order valence-corrected chi connectivity index (χ1v) is 10.6. The highest BCUT2D eigenvalue weighted by molar-refractivity contribution is 7.89. The van der Waals surface area contributed by atoms with Crippen molar-refractivity contribution in [3.8, 4) is 0 Å². The van der Waals surface area contributed by atoms with Gasteiger partial charge in [-0.1, -0.05) is 18.2 Å². The normalized spacial score (nSPS) is 18.1. The summed E-state index contributed by atoms with van der Waals surface area (Å²) < 4.78 is 27.0. The summed E-state index contributed by atoms with van der Waals surface area (Å²) in [5.74, 6) is -0.943. The number of aromatic nitrogens is 1. The van der Waals surface area contributed by atoms with Crippen molar-refractivity contribution in [2.24, 2.45) is 0 Å². The Bertz CT molecular complexity index is 937. The first-order chi connectivity index (χ1) is 12.8. The zero-order valence-corrected chi connectivity index (χ0v) is 16.6. The van der Waals surface area contributed by atoms with E-state index in [1.54, 1.807) is 18.2 Å². The lowest BCUT2D eigenvalue weighted by Gasteiger charge is -2.33. The fraction of sp³-hybridized carbons (Fsp3) is 0.353. The highest BCUT2D eigenvalue weighted by Crippen LogP contribution is 2.24. The molecule has 27 heavy (non-hydrogen) atoms. The van der Waals surface area contributed by atoms with E-state index in [-0.39, 0.29) is 24.4 Å². The first-order valence-electron chi connectivity index (χ1n) is 8.37. The molecule has 0 unspecified atom stereocenters. The minimum Gasteiger partial charge on any atom is -0.353 e. The molecule has 8 nitrogen and oxygen atoms in total. The maximum absolute atomic E-state index is 12.9. The molecular weight excluding hydrogens is 388 g/mol. The summed E-state index contributed by atoms with van der Waals surface area (Å²) in [6.45, 7) is 4.04. The molecule has 1 aromatic heterocycles. The molecule has 1 saturated heterocycles. The van der Waals surface area contributed by atoms with Crippen LogP contribution in [0.4, 0.5) is 5.13 Å². The Morgan fingerprint density at radius 2 is 2.04 bits per heavy atom. The van der Waals surface area contributed by atoms with Crippen molar-refractivity contribution in [3.63, 3.8) is 0 Å². The Morgan fingerprint density at radius 3 is 2.67 bits per heavy atom. The van der Waals surface area contributed by atoms with Gasteiger partial charge < -0.3 is 10.6 Å². The number of piperazine rings is 1. The molecule has 3 rings (SSSR count). The summed E-state index contributed by atoms with van der Waals surface area (Å²) in [7, 11) is -3.89. The van der Waals surface area contributed by atoms with E-state index < -0.39 is 27.9 Å². The second kappa shape index (κ2) is 7.75. The Balaban J connectivity index is 1.80. The van der Waals surface area contributed by atoms with Gasteiger partial charge in [0.05, 0.1) is 17.0 Å². The number of anilines is 1. The predicted molar refractivity (Wildman–Crippen MR) is 102 cm³/mol. The largest absolute Gasteiger partial charge is 0.353 e. The molecule has 0 bridgehead atoms. The van der Waals surface area contributed by atoms with Crippen molar-refractivity contribution in [2.75, 3.05) is 18.4 Å². The van der Waals surface area contributed by atoms with Gasteiger partial charge in [0.25, 0.3) is 0 Å². The quantitative estimate of drug-likeness (QED) is 0.775. The van der Waals surface area contributed by atoms with Crippen LogP contribution in [0.25, 0.3) is 0 Å². The van der Waals surface area contributed by atoms with E-state index in [2.05, 4.69) is 15.6 Å². The molecule has 0 radical (unpaired) electrons. The van der Waals surface area contributed by atoms with Crippen LogP contribution < -0.4 is 10.6 Å². The molecule has 1 aromatic carbocycles. The number of carbonyl (C=O) groups is 2. The number of sulfonamides is 1. The van der Waals surface area contributed by atoms with Crippen LogP contribution in [-0.2, 0) is 19.6 Å². The molecule has 144 valence electrons. The molecule has 1 aliphatic heterocycles. The Labute approximate surface area is 161 Å². The lowest BCUT2D eigenvalue weighted by molar-refractivity contribution is -0.130. The third-order valence-corrected chi connectivity index (χ3v) is 7.20. The molecule has 2 N–H and O–H groups in total. The van der Waals surface area contributed by atoms with Crippen molar-refractivity contribution in [1.29, 1.82) is 0 Å². The highest BCUT2D eigenvalue weighted by Gasteiger charge is 2.39. The van der Waals surface area contributed by atoms with E-state index in [9.17, 15) is 18.0 Å². The van der Waals surface area contributed by atoms with Gasteiger partial charge in [0, 0.05) is 18.0 Å². The summed E-state index contributed by atoms with van der Waals surface area (Å²) in [6.07, 6.45) is -0.282. The van der Waals surface area contributed by atoms with Crippen LogP contribution >= 0.6 is 11.3 Å². The van der Waals surface area contributed by atoms with Gasteiger partial charge in [-0.05, 0) is 26.0 Å². The van der Waals surface area contributed by atoms with Gasteiger partial charge in [-0.2, -0.15) is 4.31 Å². The molecule has 1 aliphatic rings. The summed E-state index contributed by atoms with van der Waals surface area (Å²) >= 11 is 1.33. The van der Waals surface area contributed by atoms with Gasteiger partial charge in [-0.3, -0.25) is 9.59 Å². The molecule has 10 heteroatoms. The monoisotopic (exact) mass is 408 g/mol. The van der Waals surface area contributed by atoms with Gasteiger partial charge >= 0.3 is 0 Å². The zero-order chi connectivity index (χ0) is 19.6. The number of thiazole rings is 1. The Morgan fingerprint density at radius 1 is 1.33 bits per heavy atom. The summed E-state index contributed by atoms with van der Waals surface area (Å²) in [5.41, 5.74) is 0.819. The van der Waals surface area contributed by atoms with Crippen LogP contribution in [-0.4, -0.2) is 48.7 Å². The van der Waals surface area contributed by atoms with Crippen LogP contribution in [0.3, 0.4) is 0 Å². The second-order valence-electron chi connectivity index (χ2n) is 6.15. The second-order valence-corrected chi connectivity index (χ2v) is 9.24. The van der Waals surface area contributed by atoms with Gasteiger partial charge in [0.15, 0.2) is 5.13 Å².